The van der Waals surface area contributed by atoms with Crippen molar-refractivity contribution in [2.75, 3.05) is 5.32 Å². The van der Waals surface area contributed by atoms with Crippen molar-refractivity contribution >= 4 is 11.6 Å². The smallest absolute Gasteiger partial charge is 0.254 e. The molecule has 0 aliphatic heterocycles. The van der Waals surface area contributed by atoms with Crippen LogP contribution in [0.25, 0.3) is 11.5 Å². The number of fused-ring (bicyclic) bond motifs is 1. The van der Waals surface area contributed by atoms with Gasteiger partial charge in [0.05, 0.1) is 0 Å². The number of aromatic nitrogens is 6. The molecular weight excluding hydrogens is 326 g/mol. The van der Waals surface area contributed by atoms with Crippen LogP contribution in [0.4, 0.5) is 5.82 Å². The molecule has 132 valence electrons. The Bertz CT molecular complexity index is 1060. The third kappa shape index (κ3) is 2.71. The molecule has 7 heteroatoms. The third-order valence-corrected chi connectivity index (χ3v) is 4.76. The Morgan fingerprint density at radius 3 is 2.50 bits per heavy atom. The maximum absolute atomic E-state index is 4.46. The molecule has 4 rings (SSSR count). The highest BCUT2D eigenvalue weighted by Crippen LogP contribution is 2.24. The quantitative estimate of drug-likeness (QED) is 0.612. The second-order valence-corrected chi connectivity index (χ2v) is 6.44. The van der Waals surface area contributed by atoms with E-state index in [2.05, 4.69) is 61.1 Å². The molecule has 1 atom stereocenters. The van der Waals surface area contributed by atoms with Crippen LogP contribution in [0.1, 0.15) is 35.6 Å². The fraction of sp³-hybridized carbons (Fsp3) is 0.263. The average molecular weight is 347 g/mol. The number of benzene rings is 1. The zero-order chi connectivity index (χ0) is 18.3. The van der Waals surface area contributed by atoms with Crippen LogP contribution < -0.4 is 5.32 Å². The molecule has 0 saturated heterocycles. The van der Waals surface area contributed by atoms with Gasteiger partial charge < -0.3 is 9.88 Å². The van der Waals surface area contributed by atoms with Crippen molar-refractivity contribution in [3.63, 3.8) is 0 Å². The van der Waals surface area contributed by atoms with Gasteiger partial charge in [0.25, 0.3) is 5.78 Å². The number of aryl methyl sites for hydroxylation is 2. The molecule has 3 aromatic heterocycles. The molecule has 0 spiro atoms. The Morgan fingerprint density at radius 2 is 1.81 bits per heavy atom. The maximum atomic E-state index is 4.46. The van der Waals surface area contributed by atoms with Crippen LogP contribution in [-0.2, 0) is 0 Å². The van der Waals surface area contributed by atoms with E-state index in [1.807, 2.05) is 33.2 Å². The molecule has 0 bridgehead atoms. The summed E-state index contributed by atoms with van der Waals surface area (Å²) in [4.78, 5) is 12.9. The number of anilines is 1. The molecule has 0 unspecified atom stereocenters. The van der Waals surface area contributed by atoms with Crippen molar-refractivity contribution < 1.29 is 0 Å². The summed E-state index contributed by atoms with van der Waals surface area (Å²) in [5, 5.41) is 7.86. The highest BCUT2D eigenvalue weighted by Gasteiger charge is 2.14. The SMILES string of the molecule is Cc1nc2ncnn2c(N[C@H](C)c2ccc(-n3ccnc3C)cc2)c1C. The first kappa shape index (κ1) is 16.3. The minimum Gasteiger partial charge on any atom is -0.363 e. The lowest BCUT2D eigenvalue weighted by Gasteiger charge is -2.19. The summed E-state index contributed by atoms with van der Waals surface area (Å²) in [6, 6.07) is 8.60. The number of nitrogens with zero attached hydrogens (tertiary/aromatic N) is 6. The van der Waals surface area contributed by atoms with Gasteiger partial charge >= 0.3 is 0 Å². The van der Waals surface area contributed by atoms with Crippen molar-refractivity contribution in [2.24, 2.45) is 0 Å². The Morgan fingerprint density at radius 1 is 1.04 bits per heavy atom. The fourth-order valence-electron chi connectivity index (χ4n) is 3.07. The van der Waals surface area contributed by atoms with Gasteiger partial charge in [0.1, 0.15) is 18.0 Å². The molecule has 0 saturated carbocycles. The number of nitrogens with one attached hydrogen (secondary N) is 1. The first-order chi connectivity index (χ1) is 12.5. The van der Waals surface area contributed by atoms with Gasteiger partial charge in [-0.15, -0.1) is 0 Å². The molecule has 0 fully saturated rings. The fourth-order valence-corrected chi connectivity index (χ4v) is 3.07. The molecule has 0 radical (unpaired) electrons. The van der Waals surface area contributed by atoms with Crippen molar-refractivity contribution in [3.8, 4) is 5.69 Å². The lowest BCUT2D eigenvalue weighted by atomic mass is 10.1. The highest BCUT2D eigenvalue weighted by molar-refractivity contribution is 5.53. The first-order valence-corrected chi connectivity index (χ1v) is 8.58. The molecule has 0 aliphatic carbocycles. The van der Waals surface area contributed by atoms with Crippen LogP contribution in [0.15, 0.2) is 43.0 Å². The Labute approximate surface area is 151 Å². The van der Waals surface area contributed by atoms with Crippen LogP contribution in [0.5, 0.6) is 0 Å². The van der Waals surface area contributed by atoms with E-state index in [0.29, 0.717) is 5.78 Å². The Hall–Kier alpha value is -3.22. The normalized spacial score (nSPS) is 12.5. The van der Waals surface area contributed by atoms with Gasteiger partial charge in [0.15, 0.2) is 0 Å². The van der Waals surface area contributed by atoms with Gasteiger partial charge in [0.2, 0.25) is 0 Å². The summed E-state index contributed by atoms with van der Waals surface area (Å²) < 4.78 is 3.82. The van der Waals surface area contributed by atoms with E-state index < -0.39 is 0 Å². The summed E-state index contributed by atoms with van der Waals surface area (Å²) in [7, 11) is 0. The predicted octanol–water partition coefficient (Wildman–Crippen LogP) is 3.41. The number of hydrogen-bond donors (Lipinski definition) is 1. The molecule has 0 amide bonds. The monoisotopic (exact) mass is 347 g/mol. The molecule has 1 aromatic carbocycles. The molecule has 7 nitrogen and oxygen atoms in total. The topological polar surface area (TPSA) is 72.9 Å². The molecule has 3 heterocycles. The van der Waals surface area contributed by atoms with Gasteiger partial charge in [-0.05, 0) is 45.4 Å². The standard InChI is InChI=1S/C19H21N7/c1-12-13(2)24-19-21-11-22-26(19)18(12)23-14(3)16-5-7-17(8-6-16)25-10-9-20-15(25)4/h5-11,14,23H,1-4H3/t14-/m1/s1. The minimum atomic E-state index is 0.112. The van der Waals surface area contributed by atoms with Crippen LogP contribution >= 0.6 is 0 Å². The Balaban J connectivity index is 1.63. The van der Waals surface area contributed by atoms with Gasteiger partial charge in [-0.2, -0.15) is 14.6 Å². The second kappa shape index (κ2) is 6.25. The lowest BCUT2D eigenvalue weighted by molar-refractivity contribution is 0.829. The number of imidazole rings is 1. The van der Waals surface area contributed by atoms with Gasteiger partial charge in [-0.25, -0.2) is 9.97 Å². The summed E-state index contributed by atoms with van der Waals surface area (Å²) in [5.74, 6) is 2.50. The van der Waals surface area contributed by atoms with E-state index in [9.17, 15) is 0 Å². The average Bonchev–Trinajstić information content (AvgIpc) is 3.27. The Kier molecular flexibility index (Phi) is 3.91. The number of hydrogen-bond acceptors (Lipinski definition) is 5. The van der Waals surface area contributed by atoms with Crippen LogP contribution in [0.2, 0.25) is 0 Å². The van der Waals surface area contributed by atoms with Crippen molar-refractivity contribution in [2.45, 2.75) is 33.7 Å². The van der Waals surface area contributed by atoms with E-state index in [1.165, 1.54) is 11.9 Å². The van der Waals surface area contributed by atoms with Crippen molar-refractivity contribution in [1.82, 2.24) is 29.1 Å². The molecule has 4 aromatic rings. The molecular formula is C19H21N7. The van der Waals surface area contributed by atoms with Crippen LogP contribution in [-0.4, -0.2) is 29.1 Å². The van der Waals surface area contributed by atoms with Gasteiger partial charge in [-0.1, -0.05) is 12.1 Å². The van der Waals surface area contributed by atoms with Gasteiger partial charge in [-0.3, -0.25) is 0 Å². The van der Waals surface area contributed by atoms with E-state index in [-0.39, 0.29) is 6.04 Å². The van der Waals surface area contributed by atoms with E-state index >= 15 is 0 Å². The lowest BCUT2D eigenvalue weighted by Crippen LogP contribution is -2.13. The largest absolute Gasteiger partial charge is 0.363 e. The second-order valence-electron chi connectivity index (χ2n) is 6.44. The highest BCUT2D eigenvalue weighted by atomic mass is 15.4. The van der Waals surface area contributed by atoms with E-state index in [4.69, 9.17) is 0 Å². The summed E-state index contributed by atoms with van der Waals surface area (Å²) in [6.07, 6.45) is 5.31. The van der Waals surface area contributed by atoms with Crippen molar-refractivity contribution in [3.05, 3.63) is 65.6 Å². The molecule has 0 aliphatic rings. The van der Waals surface area contributed by atoms with E-state index in [0.717, 1.165) is 28.6 Å². The first-order valence-electron chi connectivity index (χ1n) is 8.58. The summed E-state index contributed by atoms with van der Waals surface area (Å²) in [5.41, 5.74) is 4.31. The minimum absolute atomic E-state index is 0.112. The van der Waals surface area contributed by atoms with Crippen molar-refractivity contribution in [1.29, 1.82) is 0 Å². The zero-order valence-corrected chi connectivity index (χ0v) is 15.3. The van der Waals surface area contributed by atoms with Crippen LogP contribution in [0.3, 0.4) is 0 Å². The van der Waals surface area contributed by atoms with E-state index in [1.54, 1.807) is 4.52 Å². The number of rotatable bonds is 4. The summed E-state index contributed by atoms with van der Waals surface area (Å²) in [6.45, 7) is 8.16. The molecule has 1 N–H and O–H groups in total. The summed E-state index contributed by atoms with van der Waals surface area (Å²) >= 11 is 0. The van der Waals surface area contributed by atoms with Crippen LogP contribution in [0, 0.1) is 20.8 Å². The third-order valence-electron chi connectivity index (χ3n) is 4.76. The predicted molar refractivity (Wildman–Crippen MR) is 101 cm³/mol. The van der Waals surface area contributed by atoms with Gasteiger partial charge in [0, 0.05) is 35.4 Å². The maximum Gasteiger partial charge on any atom is 0.254 e. The molecule has 26 heavy (non-hydrogen) atoms. The zero-order valence-electron chi connectivity index (χ0n) is 15.3.